The van der Waals surface area contributed by atoms with Crippen LogP contribution in [0.25, 0.3) is 0 Å². The van der Waals surface area contributed by atoms with Gasteiger partial charge in [-0.05, 0) is 36.8 Å². The van der Waals surface area contributed by atoms with Crippen LogP contribution in [0.3, 0.4) is 0 Å². The molecule has 0 saturated carbocycles. The van der Waals surface area contributed by atoms with Gasteiger partial charge in [0.15, 0.2) is 0 Å². The fraction of sp³-hybridized carbons (Fsp3) is 0.118. The van der Waals surface area contributed by atoms with E-state index < -0.39 is 10.0 Å². The quantitative estimate of drug-likeness (QED) is 0.725. The monoisotopic (exact) mass is 360 g/mol. The molecule has 1 N–H and O–H groups in total. The number of ether oxygens (including phenoxy) is 1. The van der Waals surface area contributed by atoms with Gasteiger partial charge in [-0.15, -0.1) is 11.3 Å². The van der Waals surface area contributed by atoms with Crippen LogP contribution in [0.1, 0.15) is 11.3 Å². The van der Waals surface area contributed by atoms with Gasteiger partial charge in [0.25, 0.3) is 10.0 Å². The number of sulfonamides is 1. The summed E-state index contributed by atoms with van der Waals surface area (Å²) in [5.74, 6) is 0.460. The summed E-state index contributed by atoms with van der Waals surface area (Å²) < 4.78 is 33.4. The molecule has 0 bridgehead atoms. The van der Waals surface area contributed by atoms with Crippen molar-refractivity contribution in [1.29, 1.82) is 0 Å². The van der Waals surface area contributed by atoms with Gasteiger partial charge in [0.1, 0.15) is 12.4 Å². The number of nitrogens with zero attached hydrogens (tertiary/aromatic N) is 1. The minimum Gasteiger partial charge on any atom is -0.485 e. The lowest BCUT2D eigenvalue weighted by atomic mass is 10.2. The number of hydrogen-bond acceptors (Lipinski definition) is 5. The van der Waals surface area contributed by atoms with Crippen molar-refractivity contribution in [3.8, 4) is 5.75 Å². The lowest BCUT2D eigenvalue weighted by Crippen LogP contribution is -2.14. The number of para-hydroxylation sites is 2. The number of anilines is 1. The van der Waals surface area contributed by atoms with Crippen LogP contribution in [0, 0.1) is 6.92 Å². The number of hydrogen-bond donors (Lipinski definition) is 1. The Balaban J connectivity index is 1.82. The third kappa shape index (κ3) is 3.93. The fourth-order valence-electron chi connectivity index (χ4n) is 2.12. The van der Waals surface area contributed by atoms with Crippen LogP contribution in [0.15, 0.2) is 64.3 Å². The smallest absolute Gasteiger partial charge is 0.262 e. The topological polar surface area (TPSA) is 68.3 Å². The Labute approximate surface area is 145 Å². The second kappa shape index (κ2) is 7.02. The maximum absolute atomic E-state index is 12.6. The van der Waals surface area contributed by atoms with E-state index in [1.807, 2.05) is 18.4 Å². The first-order valence-electron chi connectivity index (χ1n) is 7.23. The van der Waals surface area contributed by atoms with Crippen LogP contribution in [0.4, 0.5) is 5.69 Å². The van der Waals surface area contributed by atoms with E-state index in [-0.39, 0.29) is 11.5 Å². The standard InChI is InChI=1S/C17H16N2O3S2/c1-13-5-4-6-15(9-13)24(20,21)19-16-7-2-3-8-17(16)22-10-14-11-23-12-18-14/h2-9,11-12,19H,10H2,1H3. The summed E-state index contributed by atoms with van der Waals surface area (Å²) in [5, 5.41) is 1.89. The molecular formula is C17H16N2O3S2. The highest BCUT2D eigenvalue weighted by Crippen LogP contribution is 2.27. The number of nitrogens with one attached hydrogen (secondary N) is 1. The molecule has 0 amide bonds. The van der Waals surface area contributed by atoms with Crippen molar-refractivity contribution in [2.45, 2.75) is 18.4 Å². The van der Waals surface area contributed by atoms with Gasteiger partial charge in [-0.25, -0.2) is 13.4 Å². The maximum atomic E-state index is 12.6. The lowest BCUT2D eigenvalue weighted by molar-refractivity contribution is 0.304. The zero-order valence-corrected chi connectivity index (χ0v) is 14.6. The first-order chi connectivity index (χ1) is 11.5. The molecule has 3 aromatic rings. The molecule has 7 heteroatoms. The van der Waals surface area contributed by atoms with Crippen molar-refractivity contribution in [2.75, 3.05) is 4.72 Å². The molecule has 2 aromatic carbocycles. The molecule has 0 spiro atoms. The van der Waals surface area contributed by atoms with Gasteiger partial charge < -0.3 is 4.74 Å². The van der Waals surface area contributed by atoms with Crippen LogP contribution in [-0.4, -0.2) is 13.4 Å². The summed E-state index contributed by atoms with van der Waals surface area (Å²) in [5.41, 5.74) is 3.81. The largest absolute Gasteiger partial charge is 0.485 e. The second-order valence-corrected chi connectivity index (χ2v) is 7.59. The molecule has 0 fully saturated rings. The van der Waals surface area contributed by atoms with Crippen LogP contribution in [0.5, 0.6) is 5.75 Å². The zero-order chi connectivity index (χ0) is 17.0. The summed E-state index contributed by atoms with van der Waals surface area (Å²) in [6, 6.07) is 13.7. The van der Waals surface area contributed by atoms with E-state index in [0.29, 0.717) is 11.4 Å². The van der Waals surface area contributed by atoms with E-state index in [2.05, 4.69) is 9.71 Å². The van der Waals surface area contributed by atoms with Gasteiger partial charge in [0.05, 0.1) is 21.8 Å². The zero-order valence-electron chi connectivity index (χ0n) is 13.0. The van der Waals surface area contributed by atoms with Gasteiger partial charge in [-0.2, -0.15) is 0 Å². The van der Waals surface area contributed by atoms with E-state index in [1.54, 1.807) is 48.0 Å². The molecule has 24 heavy (non-hydrogen) atoms. The molecule has 0 aliphatic carbocycles. The molecule has 0 aliphatic rings. The molecule has 0 saturated heterocycles. The van der Waals surface area contributed by atoms with Gasteiger partial charge >= 0.3 is 0 Å². The van der Waals surface area contributed by atoms with Gasteiger partial charge in [-0.1, -0.05) is 24.3 Å². The van der Waals surface area contributed by atoms with Crippen molar-refractivity contribution in [3.63, 3.8) is 0 Å². The van der Waals surface area contributed by atoms with Crippen molar-refractivity contribution in [3.05, 3.63) is 70.7 Å². The number of rotatable bonds is 6. The molecule has 124 valence electrons. The molecule has 0 radical (unpaired) electrons. The van der Waals surface area contributed by atoms with Crippen LogP contribution in [0.2, 0.25) is 0 Å². The Hall–Kier alpha value is -2.38. The summed E-state index contributed by atoms with van der Waals surface area (Å²) in [6.07, 6.45) is 0. The first-order valence-corrected chi connectivity index (χ1v) is 9.65. The van der Waals surface area contributed by atoms with Gasteiger partial charge in [0, 0.05) is 5.38 Å². The summed E-state index contributed by atoms with van der Waals surface area (Å²) in [4.78, 5) is 4.37. The highest BCUT2D eigenvalue weighted by molar-refractivity contribution is 7.92. The fourth-order valence-corrected chi connectivity index (χ4v) is 3.84. The maximum Gasteiger partial charge on any atom is 0.262 e. The van der Waals surface area contributed by atoms with Crippen LogP contribution >= 0.6 is 11.3 Å². The number of thiazole rings is 1. The number of aromatic nitrogens is 1. The van der Waals surface area contributed by atoms with Crippen molar-refractivity contribution in [2.24, 2.45) is 0 Å². The Morgan fingerprint density at radius 2 is 2.00 bits per heavy atom. The predicted octanol–water partition coefficient (Wildman–Crippen LogP) is 3.83. The van der Waals surface area contributed by atoms with E-state index in [4.69, 9.17) is 4.74 Å². The molecular weight excluding hydrogens is 344 g/mol. The molecule has 0 atom stereocenters. The molecule has 0 aliphatic heterocycles. The Kier molecular flexibility index (Phi) is 4.82. The highest BCUT2D eigenvalue weighted by Gasteiger charge is 2.16. The molecule has 1 aromatic heterocycles. The van der Waals surface area contributed by atoms with E-state index >= 15 is 0 Å². The van der Waals surface area contributed by atoms with Crippen LogP contribution < -0.4 is 9.46 Å². The number of benzene rings is 2. The average molecular weight is 360 g/mol. The van der Waals surface area contributed by atoms with Crippen molar-refractivity contribution in [1.82, 2.24) is 4.98 Å². The molecule has 3 rings (SSSR count). The van der Waals surface area contributed by atoms with Crippen LogP contribution in [-0.2, 0) is 16.6 Å². The highest BCUT2D eigenvalue weighted by atomic mass is 32.2. The predicted molar refractivity (Wildman–Crippen MR) is 94.9 cm³/mol. The molecule has 1 heterocycles. The van der Waals surface area contributed by atoms with Gasteiger partial charge in [-0.3, -0.25) is 4.72 Å². The van der Waals surface area contributed by atoms with E-state index in [1.165, 1.54) is 11.3 Å². The molecule has 0 unspecified atom stereocenters. The summed E-state index contributed by atoms with van der Waals surface area (Å²) in [7, 11) is -3.67. The Morgan fingerprint density at radius 3 is 2.75 bits per heavy atom. The second-order valence-electron chi connectivity index (χ2n) is 5.19. The summed E-state index contributed by atoms with van der Waals surface area (Å²) in [6.45, 7) is 2.14. The SMILES string of the molecule is Cc1cccc(S(=O)(=O)Nc2ccccc2OCc2cscn2)c1. The third-order valence-corrected chi connectivity index (χ3v) is 5.29. The average Bonchev–Trinajstić information content (AvgIpc) is 3.07. The van der Waals surface area contributed by atoms with E-state index in [0.717, 1.165) is 11.3 Å². The Morgan fingerprint density at radius 1 is 1.17 bits per heavy atom. The number of aryl methyl sites for hydroxylation is 1. The normalized spacial score (nSPS) is 11.2. The Bertz CT molecular complexity index is 923. The molecule has 5 nitrogen and oxygen atoms in total. The minimum atomic E-state index is -3.67. The summed E-state index contributed by atoms with van der Waals surface area (Å²) >= 11 is 1.48. The lowest BCUT2D eigenvalue weighted by Gasteiger charge is -2.13. The first kappa shape index (κ1) is 16.5. The third-order valence-electron chi connectivity index (χ3n) is 3.29. The van der Waals surface area contributed by atoms with Crippen molar-refractivity contribution < 1.29 is 13.2 Å². The van der Waals surface area contributed by atoms with E-state index in [9.17, 15) is 8.42 Å². The van der Waals surface area contributed by atoms with Gasteiger partial charge in [0.2, 0.25) is 0 Å². The van der Waals surface area contributed by atoms with Crippen molar-refractivity contribution >= 4 is 27.0 Å². The minimum absolute atomic E-state index is 0.219.